The summed E-state index contributed by atoms with van der Waals surface area (Å²) in [6.45, 7) is 0. The van der Waals surface area contributed by atoms with Crippen LogP contribution in [-0.2, 0) is 5.41 Å². The van der Waals surface area contributed by atoms with Crippen LogP contribution in [0.5, 0.6) is 0 Å². The van der Waals surface area contributed by atoms with Gasteiger partial charge in [-0.2, -0.15) is 0 Å². The number of para-hydroxylation sites is 4. The second-order valence-electron chi connectivity index (χ2n) is 14.8. The van der Waals surface area contributed by atoms with E-state index in [9.17, 15) is 0 Å². The van der Waals surface area contributed by atoms with Crippen molar-refractivity contribution in [3.05, 3.63) is 247 Å². The summed E-state index contributed by atoms with van der Waals surface area (Å²) in [4.78, 5) is 2.46. The molecule has 0 fully saturated rings. The van der Waals surface area contributed by atoms with Crippen molar-refractivity contribution >= 4 is 39.0 Å². The third-order valence-electron chi connectivity index (χ3n) is 11.8. The van der Waals surface area contributed by atoms with Crippen LogP contribution in [0.4, 0.5) is 17.1 Å². The third-order valence-corrected chi connectivity index (χ3v) is 11.8. The summed E-state index contributed by atoms with van der Waals surface area (Å²) in [6, 6.07) is 81.2. The SMILES string of the molecule is c1ccc(-c2ccccc2N(c2ccc3c(c2)C(c2ccccc2)(c2ccccc2)c2ccccc2-3)c2ccccc2-c2cccc3c2oc2ccccc23)cc1. The van der Waals surface area contributed by atoms with Crippen LogP contribution >= 0.6 is 0 Å². The number of rotatable bonds is 7. The molecule has 0 spiro atoms. The molecule has 9 aromatic carbocycles. The molecule has 10 aromatic rings. The Morgan fingerprint density at radius 3 is 1.61 bits per heavy atom. The number of anilines is 3. The lowest BCUT2D eigenvalue weighted by molar-refractivity contribution is 0.670. The molecule has 1 aromatic heterocycles. The topological polar surface area (TPSA) is 16.4 Å². The Morgan fingerprint density at radius 1 is 0.351 bits per heavy atom. The zero-order valence-electron chi connectivity index (χ0n) is 31.2. The first-order chi connectivity index (χ1) is 28.3. The van der Waals surface area contributed by atoms with Crippen LogP contribution in [-0.4, -0.2) is 0 Å². The summed E-state index contributed by atoms with van der Waals surface area (Å²) in [5.41, 5.74) is 16.5. The number of benzene rings is 9. The summed E-state index contributed by atoms with van der Waals surface area (Å²) in [5.74, 6) is 0. The lowest BCUT2D eigenvalue weighted by atomic mass is 9.67. The van der Waals surface area contributed by atoms with Gasteiger partial charge in [0.25, 0.3) is 0 Å². The molecular formula is C55H37NO. The summed E-state index contributed by atoms with van der Waals surface area (Å²) in [5, 5.41) is 2.23. The van der Waals surface area contributed by atoms with Crippen LogP contribution in [0.15, 0.2) is 229 Å². The highest BCUT2D eigenvalue weighted by atomic mass is 16.3. The Labute approximate surface area is 332 Å². The van der Waals surface area contributed by atoms with Crippen LogP contribution in [0.25, 0.3) is 55.3 Å². The molecule has 2 nitrogen and oxygen atoms in total. The summed E-state index contributed by atoms with van der Waals surface area (Å²) in [7, 11) is 0. The Morgan fingerprint density at radius 2 is 0.877 bits per heavy atom. The Bertz CT molecular complexity index is 3030. The van der Waals surface area contributed by atoms with Gasteiger partial charge < -0.3 is 9.32 Å². The molecule has 0 amide bonds. The van der Waals surface area contributed by atoms with E-state index in [2.05, 4.69) is 223 Å². The van der Waals surface area contributed by atoms with Gasteiger partial charge in [-0.3, -0.25) is 0 Å². The van der Waals surface area contributed by atoms with E-state index in [0.29, 0.717) is 0 Å². The second-order valence-corrected chi connectivity index (χ2v) is 14.8. The largest absolute Gasteiger partial charge is 0.455 e. The summed E-state index contributed by atoms with van der Waals surface area (Å²) < 4.78 is 6.68. The van der Waals surface area contributed by atoms with E-state index >= 15 is 0 Å². The molecule has 57 heavy (non-hydrogen) atoms. The lowest BCUT2D eigenvalue weighted by Crippen LogP contribution is -2.28. The molecule has 0 aliphatic heterocycles. The first-order valence-electron chi connectivity index (χ1n) is 19.6. The van der Waals surface area contributed by atoms with E-state index in [1.165, 1.54) is 33.4 Å². The average Bonchev–Trinajstić information content (AvgIpc) is 3.82. The minimum absolute atomic E-state index is 0.533. The van der Waals surface area contributed by atoms with Crippen LogP contribution in [0.1, 0.15) is 22.3 Å². The number of hydrogen-bond acceptors (Lipinski definition) is 2. The van der Waals surface area contributed by atoms with Crippen molar-refractivity contribution in [2.24, 2.45) is 0 Å². The van der Waals surface area contributed by atoms with Crippen LogP contribution < -0.4 is 4.90 Å². The molecule has 0 unspecified atom stereocenters. The van der Waals surface area contributed by atoms with Crippen molar-refractivity contribution in [3.8, 4) is 33.4 Å². The number of furan rings is 1. The van der Waals surface area contributed by atoms with Crippen molar-refractivity contribution in [2.75, 3.05) is 4.90 Å². The molecule has 1 aliphatic rings. The van der Waals surface area contributed by atoms with Gasteiger partial charge in [0.15, 0.2) is 0 Å². The van der Waals surface area contributed by atoms with Crippen molar-refractivity contribution in [1.82, 2.24) is 0 Å². The summed E-state index contributed by atoms with van der Waals surface area (Å²) >= 11 is 0. The molecule has 268 valence electrons. The van der Waals surface area contributed by atoms with Gasteiger partial charge in [0, 0.05) is 33.2 Å². The predicted molar refractivity (Wildman–Crippen MR) is 237 cm³/mol. The van der Waals surface area contributed by atoms with E-state index in [-0.39, 0.29) is 0 Å². The van der Waals surface area contributed by atoms with Gasteiger partial charge in [0.2, 0.25) is 0 Å². The van der Waals surface area contributed by atoms with Crippen LogP contribution in [0.2, 0.25) is 0 Å². The molecular weight excluding hydrogens is 691 g/mol. The number of fused-ring (bicyclic) bond motifs is 6. The first kappa shape index (κ1) is 33.0. The molecule has 0 radical (unpaired) electrons. The first-order valence-corrected chi connectivity index (χ1v) is 19.6. The Balaban J connectivity index is 1.22. The standard InChI is InChI=1S/C55H37NO/c1-4-19-38(20-5-1)42-25-11-15-32-51(42)56(52-33-16-12-27-45(52)47-29-18-30-48-46-28-13-17-34-53(46)57-54(47)48)41-35-36-44-43-26-10-14-31-49(43)55(50(44)37-41,39-21-6-2-7-22-39)40-23-8-3-9-24-40/h1-37H. The van der Waals surface area contributed by atoms with Crippen LogP contribution in [0.3, 0.4) is 0 Å². The Hall–Kier alpha value is -7.42. The fourth-order valence-electron chi connectivity index (χ4n) is 9.37. The van der Waals surface area contributed by atoms with Gasteiger partial charge in [-0.1, -0.05) is 194 Å². The van der Waals surface area contributed by atoms with Crippen molar-refractivity contribution in [1.29, 1.82) is 0 Å². The lowest BCUT2D eigenvalue weighted by Gasteiger charge is -2.35. The van der Waals surface area contributed by atoms with Crippen molar-refractivity contribution in [2.45, 2.75) is 5.41 Å². The number of hydrogen-bond donors (Lipinski definition) is 0. The van der Waals surface area contributed by atoms with Gasteiger partial charge in [0.05, 0.1) is 16.8 Å². The van der Waals surface area contributed by atoms with E-state index in [0.717, 1.165) is 61.3 Å². The third kappa shape index (κ3) is 5.11. The smallest absolute Gasteiger partial charge is 0.143 e. The van der Waals surface area contributed by atoms with Gasteiger partial charge in [-0.15, -0.1) is 0 Å². The fourth-order valence-corrected chi connectivity index (χ4v) is 9.37. The maximum Gasteiger partial charge on any atom is 0.143 e. The molecule has 11 rings (SSSR count). The van der Waals surface area contributed by atoms with Gasteiger partial charge in [0.1, 0.15) is 11.2 Å². The zero-order valence-corrected chi connectivity index (χ0v) is 31.2. The van der Waals surface area contributed by atoms with Gasteiger partial charge in [-0.25, -0.2) is 0 Å². The minimum Gasteiger partial charge on any atom is -0.455 e. The monoisotopic (exact) mass is 727 g/mol. The van der Waals surface area contributed by atoms with E-state index in [1.54, 1.807) is 0 Å². The van der Waals surface area contributed by atoms with Crippen LogP contribution in [0, 0.1) is 0 Å². The number of nitrogens with zero attached hydrogens (tertiary/aromatic N) is 1. The maximum atomic E-state index is 6.68. The minimum atomic E-state index is -0.533. The quantitative estimate of drug-likeness (QED) is 0.163. The molecule has 1 aliphatic carbocycles. The average molecular weight is 728 g/mol. The molecule has 0 saturated carbocycles. The highest BCUT2D eigenvalue weighted by Crippen LogP contribution is 2.58. The fraction of sp³-hybridized carbons (Fsp3) is 0.0182. The highest BCUT2D eigenvalue weighted by Gasteiger charge is 2.46. The van der Waals surface area contributed by atoms with Crippen molar-refractivity contribution < 1.29 is 4.42 Å². The van der Waals surface area contributed by atoms with E-state index < -0.39 is 5.41 Å². The summed E-state index contributed by atoms with van der Waals surface area (Å²) in [6.07, 6.45) is 0. The van der Waals surface area contributed by atoms with Gasteiger partial charge in [-0.05, 0) is 69.3 Å². The molecule has 2 heteroatoms. The normalized spacial score (nSPS) is 12.7. The predicted octanol–water partition coefficient (Wildman–Crippen LogP) is 14.8. The van der Waals surface area contributed by atoms with Gasteiger partial charge >= 0.3 is 0 Å². The molecule has 0 atom stereocenters. The maximum absolute atomic E-state index is 6.68. The molecule has 0 N–H and O–H groups in total. The molecule has 1 heterocycles. The molecule has 0 bridgehead atoms. The van der Waals surface area contributed by atoms with Crippen molar-refractivity contribution in [3.63, 3.8) is 0 Å². The second kappa shape index (κ2) is 13.4. The van der Waals surface area contributed by atoms with E-state index in [4.69, 9.17) is 4.42 Å². The Kier molecular flexibility index (Phi) is 7.75. The van der Waals surface area contributed by atoms with E-state index in [1.807, 2.05) is 6.07 Å². The molecule has 0 saturated heterocycles. The highest BCUT2D eigenvalue weighted by molar-refractivity contribution is 6.11. The zero-order chi connectivity index (χ0) is 37.8.